The molecule has 190 valence electrons. The molecule has 0 aliphatic heterocycles. The summed E-state index contributed by atoms with van der Waals surface area (Å²) < 4.78 is 53.3. The average Bonchev–Trinajstić information content (AvgIpc) is 3.13. The second-order valence-corrected chi connectivity index (χ2v) is 15.9. The SMILES string of the molecule is CCCCOc1ccc(-c2ccc(-c3nc(C(F)(F)F)c(Br)n3COCC[Si](C)(C)C)cn2)cc1. The monoisotopic (exact) mass is 569 g/mol. The molecule has 0 saturated carbocycles. The number of aromatic nitrogens is 3. The lowest BCUT2D eigenvalue weighted by atomic mass is 10.1. The summed E-state index contributed by atoms with van der Waals surface area (Å²) in [4.78, 5) is 8.37. The van der Waals surface area contributed by atoms with Crippen LogP contribution in [0.1, 0.15) is 25.5 Å². The fourth-order valence-corrected chi connectivity index (χ4v) is 4.58. The number of halogens is 4. The van der Waals surface area contributed by atoms with E-state index < -0.39 is 19.9 Å². The third-order valence-electron chi connectivity index (χ3n) is 5.33. The van der Waals surface area contributed by atoms with Crippen LogP contribution in [0.2, 0.25) is 25.7 Å². The van der Waals surface area contributed by atoms with Gasteiger partial charge in [-0.15, -0.1) is 0 Å². The highest BCUT2D eigenvalue weighted by Crippen LogP contribution is 2.37. The number of ether oxygens (including phenoxy) is 2. The summed E-state index contributed by atoms with van der Waals surface area (Å²) in [5, 5.41) is 0. The molecule has 0 aliphatic rings. The standard InChI is InChI=1S/C25H31BrF3N3O2Si/c1-5-6-13-34-20-10-7-18(8-11-20)21-12-9-19(16-30-21)24-31-22(25(27,28)29)23(26)32(24)17-33-14-15-35(2,3)4/h7-12,16H,5-6,13-15,17H2,1-4H3. The van der Waals surface area contributed by atoms with Crippen molar-refractivity contribution in [3.63, 3.8) is 0 Å². The first kappa shape index (κ1) is 27.4. The summed E-state index contributed by atoms with van der Waals surface area (Å²) >= 11 is 3.08. The lowest BCUT2D eigenvalue weighted by Crippen LogP contribution is -2.22. The summed E-state index contributed by atoms with van der Waals surface area (Å²) in [6.07, 6.45) is -0.992. The molecule has 3 rings (SSSR count). The van der Waals surface area contributed by atoms with Gasteiger partial charge in [0, 0.05) is 32.0 Å². The molecule has 0 amide bonds. The van der Waals surface area contributed by atoms with Gasteiger partial charge in [0.25, 0.3) is 0 Å². The van der Waals surface area contributed by atoms with E-state index in [-0.39, 0.29) is 17.2 Å². The maximum atomic E-state index is 13.6. The Morgan fingerprint density at radius 3 is 2.26 bits per heavy atom. The first-order chi connectivity index (χ1) is 16.5. The number of unbranched alkanes of at least 4 members (excludes halogenated alkanes) is 1. The van der Waals surface area contributed by atoms with Crippen LogP contribution in [0.4, 0.5) is 13.2 Å². The van der Waals surface area contributed by atoms with Crippen molar-refractivity contribution in [1.29, 1.82) is 0 Å². The molecule has 1 aromatic carbocycles. The van der Waals surface area contributed by atoms with Crippen LogP contribution in [0.5, 0.6) is 5.75 Å². The zero-order chi connectivity index (χ0) is 25.6. The third kappa shape index (κ3) is 7.65. The molecule has 2 aromatic heterocycles. The first-order valence-electron chi connectivity index (χ1n) is 11.6. The van der Waals surface area contributed by atoms with Crippen LogP contribution in [0.3, 0.4) is 0 Å². The van der Waals surface area contributed by atoms with E-state index in [1.165, 1.54) is 10.8 Å². The van der Waals surface area contributed by atoms with Gasteiger partial charge in [-0.05, 0) is 64.8 Å². The van der Waals surface area contributed by atoms with Crippen molar-refractivity contribution in [2.75, 3.05) is 13.2 Å². The molecule has 0 atom stereocenters. The number of hydrogen-bond acceptors (Lipinski definition) is 4. The van der Waals surface area contributed by atoms with Crippen molar-refractivity contribution in [2.24, 2.45) is 0 Å². The lowest BCUT2D eigenvalue weighted by Gasteiger charge is -2.16. The molecule has 3 aromatic rings. The average molecular weight is 571 g/mol. The van der Waals surface area contributed by atoms with Crippen LogP contribution < -0.4 is 4.74 Å². The van der Waals surface area contributed by atoms with E-state index in [1.807, 2.05) is 24.3 Å². The molecule has 2 heterocycles. The van der Waals surface area contributed by atoms with Crippen LogP contribution in [0, 0.1) is 0 Å². The molecule has 0 N–H and O–H groups in total. The van der Waals surface area contributed by atoms with Gasteiger partial charge in [0.1, 0.15) is 22.9 Å². The molecular formula is C25H31BrF3N3O2Si. The van der Waals surface area contributed by atoms with Crippen LogP contribution in [-0.2, 0) is 17.6 Å². The predicted octanol–water partition coefficient (Wildman–Crippen LogP) is 7.88. The molecular weight excluding hydrogens is 539 g/mol. The Kier molecular flexibility index (Phi) is 9.17. The Hall–Kier alpha value is -2.17. The van der Waals surface area contributed by atoms with E-state index >= 15 is 0 Å². The summed E-state index contributed by atoms with van der Waals surface area (Å²) in [7, 11) is -1.32. The van der Waals surface area contributed by atoms with Crippen LogP contribution in [-0.4, -0.2) is 35.8 Å². The third-order valence-corrected chi connectivity index (χ3v) is 7.84. The van der Waals surface area contributed by atoms with E-state index in [2.05, 4.69) is 52.5 Å². The van der Waals surface area contributed by atoms with E-state index in [0.29, 0.717) is 24.5 Å². The maximum Gasteiger partial charge on any atom is 0.436 e. The van der Waals surface area contributed by atoms with E-state index in [4.69, 9.17) is 9.47 Å². The highest BCUT2D eigenvalue weighted by Gasteiger charge is 2.38. The normalized spacial score (nSPS) is 12.2. The van der Waals surface area contributed by atoms with Gasteiger partial charge in [-0.1, -0.05) is 33.0 Å². The van der Waals surface area contributed by atoms with Crippen molar-refractivity contribution in [2.45, 2.75) is 58.4 Å². The summed E-state index contributed by atoms with van der Waals surface area (Å²) in [6, 6.07) is 12.0. The molecule has 10 heteroatoms. The summed E-state index contributed by atoms with van der Waals surface area (Å²) in [5.74, 6) is 0.940. The van der Waals surface area contributed by atoms with E-state index in [0.717, 1.165) is 30.2 Å². The number of benzene rings is 1. The summed E-state index contributed by atoms with van der Waals surface area (Å²) in [6.45, 7) is 9.89. The lowest BCUT2D eigenvalue weighted by molar-refractivity contribution is -0.141. The fraction of sp³-hybridized carbons (Fsp3) is 0.440. The Labute approximate surface area is 213 Å². The quantitative estimate of drug-likeness (QED) is 0.174. The maximum absolute atomic E-state index is 13.6. The zero-order valence-electron chi connectivity index (χ0n) is 20.5. The van der Waals surface area contributed by atoms with Gasteiger partial charge in [-0.2, -0.15) is 13.2 Å². The molecule has 35 heavy (non-hydrogen) atoms. The highest BCUT2D eigenvalue weighted by molar-refractivity contribution is 9.10. The van der Waals surface area contributed by atoms with Gasteiger partial charge in [0.2, 0.25) is 0 Å². The van der Waals surface area contributed by atoms with Gasteiger partial charge in [-0.3, -0.25) is 9.55 Å². The molecule has 0 spiro atoms. The number of imidazole rings is 1. The minimum atomic E-state index is -4.59. The minimum absolute atomic E-state index is 0.0370. The smallest absolute Gasteiger partial charge is 0.436 e. The van der Waals surface area contributed by atoms with E-state index in [9.17, 15) is 13.2 Å². The topological polar surface area (TPSA) is 49.2 Å². The van der Waals surface area contributed by atoms with Gasteiger partial charge in [-0.25, -0.2) is 4.98 Å². The van der Waals surface area contributed by atoms with Gasteiger partial charge in [0.05, 0.1) is 12.3 Å². The van der Waals surface area contributed by atoms with Crippen molar-refractivity contribution < 1.29 is 22.6 Å². The molecule has 0 unspecified atom stereocenters. The zero-order valence-corrected chi connectivity index (χ0v) is 23.0. The van der Waals surface area contributed by atoms with Crippen LogP contribution in [0.25, 0.3) is 22.6 Å². The van der Waals surface area contributed by atoms with Crippen molar-refractivity contribution >= 4 is 24.0 Å². The summed E-state index contributed by atoms with van der Waals surface area (Å²) in [5.41, 5.74) is 1.07. The predicted molar refractivity (Wildman–Crippen MR) is 138 cm³/mol. The first-order valence-corrected chi connectivity index (χ1v) is 16.1. The fourth-order valence-electron chi connectivity index (χ4n) is 3.24. The van der Waals surface area contributed by atoms with E-state index in [1.54, 1.807) is 12.1 Å². The molecule has 0 aliphatic carbocycles. The molecule has 5 nitrogen and oxygen atoms in total. The van der Waals surface area contributed by atoms with Crippen molar-refractivity contribution in [3.8, 4) is 28.4 Å². The van der Waals surface area contributed by atoms with Gasteiger partial charge >= 0.3 is 6.18 Å². The van der Waals surface area contributed by atoms with Crippen LogP contribution in [0.15, 0.2) is 47.2 Å². The van der Waals surface area contributed by atoms with Crippen molar-refractivity contribution in [3.05, 3.63) is 52.9 Å². The second kappa shape index (κ2) is 11.7. The Balaban J connectivity index is 1.81. The minimum Gasteiger partial charge on any atom is -0.494 e. The Morgan fingerprint density at radius 2 is 1.69 bits per heavy atom. The number of hydrogen-bond donors (Lipinski definition) is 0. The van der Waals surface area contributed by atoms with Crippen molar-refractivity contribution in [1.82, 2.24) is 14.5 Å². The number of rotatable bonds is 11. The molecule has 0 radical (unpaired) electrons. The number of pyridine rings is 1. The number of alkyl halides is 3. The number of nitrogens with zero attached hydrogens (tertiary/aromatic N) is 3. The van der Waals surface area contributed by atoms with Gasteiger partial charge < -0.3 is 9.47 Å². The molecule has 0 bridgehead atoms. The Morgan fingerprint density at radius 1 is 1.00 bits per heavy atom. The molecule has 0 fully saturated rings. The Bertz CT molecular complexity index is 1100. The van der Waals surface area contributed by atoms with Gasteiger partial charge in [0.15, 0.2) is 5.69 Å². The highest BCUT2D eigenvalue weighted by atomic mass is 79.9. The largest absolute Gasteiger partial charge is 0.494 e. The molecule has 0 saturated heterocycles. The van der Waals surface area contributed by atoms with Crippen LogP contribution >= 0.6 is 15.9 Å². The second-order valence-electron chi connectivity index (χ2n) is 9.51.